The van der Waals surface area contributed by atoms with Crippen LogP contribution in [0.15, 0.2) is 12.7 Å². The van der Waals surface area contributed by atoms with Gasteiger partial charge in [0, 0.05) is 17.1 Å². The predicted molar refractivity (Wildman–Crippen MR) is 31.3 cm³/mol. The Balaban J connectivity index is -0.00000000933. The van der Waals surface area contributed by atoms with Crippen LogP contribution in [0.25, 0.3) is 0 Å². The van der Waals surface area contributed by atoms with Gasteiger partial charge in [0.2, 0.25) is 0 Å². The van der Waals surface area contributed by atoms with E-state index in [0.29, 0.717) is 0 Å². The van der Waals surface area contributed by atoms with Crippen LogP contribution in [0.2, 0.25) is 0 Å². The van der Waals surface area contributed by atoms with Crippen LogP contribution in [0.5, 0.6) is 0 Å². The van der Waals surface area contributed by atoms with Gasteiger partial charge in [-0.15, -0.1) is 6.58 Å². The van der Waals surface area contributed by atoms with Crippen molar-refractivity contribution in [3.63, 3.8) is 0 Å². The summed E-state index contributed by atoms with van der Waals surface area (Å²) in [6.07, 6.45) is 1.50. The molecule has 0 N–H and O–H groups in total. The summed E-state index contributed by atoms with van der Waals surface area (Å²) in [5.74, 6) is 0. The molecule has 0 saturated heterocycles. The first kappa shape index (κ1) is 43.0. The molecule has 4 nitrogen and oxygen atoms in total. The normalized spacial score (nSPS) is 1.75. The summed E-state index contributed by atoms with van der Waals surface area (Å²) in [6.45, 7) is 24.5. The van der Waals surface area contributed by atoms with Gasteiger partial charge in [-0.05, 0) is 6.92 Å². The Morgan fingerprint density at radius 2 is 0.750 bits per heavy atom. The van der Waals surface area contributed by atoms with Crippen LogP contribution < -0.4 is 0 Å². The van der Waals surface area contributed by atoms with Crippen molar-refractivity contribution in [1.82, 2.24) is 0 Å². The van der Waals surface area contributed by atoms with Gasteiger partial charge in [0.05, 0.1) is 0 Å². The van der Waals surface area contributed by atoms with E-state index in [2.05, 4.69) is 40.1 Å². The van der Waals surface area contributed by atoms with E-state index < -0.39 is 0 Å². The van der Waals surface area contributed by atoms with Crippen LogP contribution in [0.1, 0.15) is 0 Å². The maximum Gasteiger partial charge on any atom is 0 e. The molecule has 2 radical (unpaired) electrons. The summed E-state index contributed by atoms with van der Waals surface area (Å²) in [5, 5.41) is 0. The van der Waals surface area contributed by atoms with E-state index in [-0.39, 0.29) is 17.1 Å². The summed E-state index contributed by atoms with van der Waals surface area (Å²) in [4.78, 5) is 0. The molecule has 0 aromatic heterocycles. The Kier molecular flexibility index (Phi) is 64600. The first-order valence-corrected chi connectivity index (χ1v) is 1.63. The minimum atomic E-state index is 0. The third kappa shape index (κ3) is 1020. The summed E-state index contributed by atoms with van der Waals surface area (Å²) in [7, 11) is 0. The monoisotopic (exact) mass is 208 g/mol. The van der Waals surface area contributed by atoms with Gasteiger partial charge in [0.15, 0.2) is 0 Å². The fourth-order valence-electron chi connectivity index (χ4n) is 0. The van der Waals surface area contributed by atoms with Gasteiger partial charge in [0.25, 0.3) is 0 Å². The Bertz CT molecular complexity index is 87.6. The minimum Gasteiger partial charge on any atom is -0.103 e. The van der Waals surface area contributed by atoms with E-state index in [0.717, 1.165) is 0 Å². The second kappa shape index (κ2) is 18000. The van der Waals surface area contributed by atoms with Crippen molar-refractivity contribution in [2.24, 2.45) is 0 Å². The smallest absolute Gasteiger partial charge is 0 e. The van der Waals surface area contributed by atoms with Crippen molar-refractivity contribution in [2.45, 2.75) is 0 Å². The van der Waals surface area contributed by atoms with E-state index in [4.69, 9.17) is 18.6 Å². The zero-order chi connectivity index (χ0) is 10.7. The molecule has 0 aromatic rings. The van der Waals surface area contributed by atoms with E-state index in [1.54, 1.807) is 0 Å². The second-order valence-corrected chi connectivity index (χ2v) is 0.289. The van der Waals surface area contributed by atoms with E-state index >= 15 is 0 Å². The Morgan fingerprint density at radius 3 is 0.750 bits per heavy atom. The number of hydrogen-bond acceptors (Lipinski definition) is 0. The molecular formula is C7H5MnO4. The third-order valence-electron chi connectivity index (χ3n) is 0. The van der Waals surface area contributed by atoms with E-state index in [9.17, 15) is 0 Å². The van der Waals surface area contributed by atoms with Crippen LogP contribution in [-0.2, 0) is 35.7 Å². The zero-order valence-electron chi connectivity index (χ0n) is 6.00. The van der Waals surface area contributed by atoms with Crippen molar-refractivity contribution in [2.75, 3.05) is 0 Å². The summed E-state index contributed by atoms with van der Waals surface area (Å²) in [6, 6.07) is 0. The first-order chi connectivity index (χ1) is 5.41. The van der Waals surface area contributed by atoms with Gasteiger partial charge in [-0.25, -0.2) is 0 Å². The van der Waals surface area contributed by atoms with Crippen LogP contribution in [0.4, 0.5) is 0 Å². The van der Waals surface area contributed by atoms with Gasteiger partial charge in [-0.1, -0.05) is 6.08 Å². The van der Waals surface area contributed by atoms with Crippen LogP contribution in [0.3, 0.4) is 0 Å². The average Bonchev–Trinajstić information content (AvgIpc) is 2.18. The third-order valence-corrected chi connectivity index (χ3v) is 0. The molecule has 0 atom stereocenters. The fourth-order valence-corrected chi connectivity index (χ4v) is 0. The van der Waals surface area contributed by atoms with Crippen LogP contribution in [-0.4, -0.2) is 0 Å². The topological polar surface area (TPSA) is 79.6 Å². The van der Waals surface area contributed by atoms with Crippen molar-refractivity contribution in [3.8, 4) is 0 Å². The first-order valence-electron chi connectivity index (χ1n) is 1.63. The summed E-state index contributed by atoms with van der Waals surface area (Å²) in [5.41, 5.74) is 0. The molecule has 0 bridgehead atoms. The fraction of sp³-hybridized carbons (Fsp3) is 0. The molecule has 0 heterocycles. The Morgan fingerprint density at radius 1 is 0.750 bits per heavy atom. The van der Waals surface area contributed by atoms with Gasteiger partial charge in [-0.3, -0.25) is 0 Å². The van der Waals surface area contributed by atoms with E-state index in [1.165, 1.54) is 6.08 Å². The molecule has 0 spiro atoms. The molecule has 0 unspecified atom stereocenters. The van der Waals surface area contributed by atoms with Crippen molar-refractivity contribution < 1.29 is 35.7 Å². The molecule has 0 aliphatic carbocycles. The quantitative estimate of drug-likeness (QED) is 0.321. The molecule has 0 fully saturated rings. The van der Waals surface area contributed by atoms with Crippen molar-refractivity contribution >= 4 is 0 Å². The largest absolute Gasteiger partial charge is 0.103 e. The van der Waals surface area contributed by atoms with Gasteiger partial charge in [0.1, 0.15) is 0 Å². The molecule has 5 heteroatoms. The molecule has 0 aromatic carbocycles. The SMILES string of the molecule is [C-]#[O+].[C-]#[O+].[C-]#[O+].[C-]#[O+].[CH2]C=C.[Mn]. The van der Waals surface area contributed by atoms with E-state index in [1.807, 2.05) is 0 Å². The second-order valence-electron chi connectivity index (χ2n) is 0.289. The predicted octanol–water partition coefficient (Wildman–Crippen LogP) is 0.854. The molecule has 64 valence electrons. The van der Waals surface area contributed by atoms with Crippen LogP contribution >= 0.6 is 0 Å². The van der Waals surface area contributed by atoms with Gasteiger partial charge < -0.3 is 0 Å². The van der Waals surface area contributed by atoms with Gasteiger partial charge in [-0.2, -0.15) is 0 Å². The zero-order valence-corrected chi connectivity index (χ0v) is 7.18. The molecule has 0 rings (SSSR count). The van der Waals surface area contributed by atoms with Crippen LogP contribution in [0, 0.1) is 33.5 Å². The minimum absolute atomic E-state index is 0. The van der Waals surface area contributed by atoms with Crippen molar-refractivity contribution in [1.29, 1.82) is 0 Å². The van der Waals surface area contributed by atoms with Crippen molar-refractivity contribution in [3.05, 3.63) is 46.2 Å². The molecule has 0 saturated carbocycles. The number of rotatable bonds is 0. The Hall–Kier alpha value is -0.781. The molecule has 12 heavy (non-hydrogen) atoms. The summed E-state index contributed by atoms with van der Waals surface area (Å²) < 4.78 is 30.0. The van der Waals surface area contributed by atoms with Gasteiger partial charge >= 0.3 is 45.2 Å². The molecule has 0 amide bonds. The molecular weight excluding hydrogens is 203 g/mol. The maximum absolute atomic E-state index is 7.50. The maximum atomic E-state index is 7.50. The number of hydrogen-bond donors (Lipinski definition) is 0. The standard InChI is InChI=1S/C3H5.4CO.Mn/c1-3-2;4*1-2;/h3H,1-2H2;;;;;. The average molecular weight is 208 g/mol. The summed E-state index contributed by atoms with van der Waals surface area (Å²) >= 11 is 0. The molecule has 0 aliphatic rings. The number of allylic oxidation sites excluding steroid dienone is 1. The molecule has 0 aliphatic heterocycles. The Labute approximate surface area is 82.4 Å².